The van der Waals surface area contributed by atoms with Crippen LogP contribution in [0.5, 0.6) is 0 Å². The molecule has 1 aliphatic carbocycles. The van der Waals surface area contributed by atoms with E-state index in [1.807, 2.05) is 0 Å². The molecular weight excluding hydrogens is 198 g/mol. The van der Waals surface area contributed by atoms with Gasteiger partial charge in [0.05, 0.1) is 6.61 Å². The molecule has 0 aromatic heterocycles. The molecule has 1 heterocycles. The molecule has 0 bridgehead atoms. The molecule has 1 saturated heterocycles. The third-order valence-corrected chi connectivity index (χ3v) is 3.50. The third-order valence-electron chi connectivity index (χ3n) is 3.50. The van der Waals surface area contributed by atoms with Gasteiger partial charge in [-0.15, -0.1) is 10.1 Å². The maximum atomic E-state index is 10.2. The summed E-state index contributed by atoms with van der Waals surface area (Å²) in [4.78, 5) is 14.8. The Kier molecular flexibility index (Phi) is 3.41. The topological polar surface area (TPSA) is 61.6 Å². The Morgan fingerprint density at radius 1 is 1.20 bits per heavy atom. The van der Waals surface area contributed by atoms with Crippen molar-refractivity contribution in [1.82, 2.24) is 0 Å². The van der Waals surface area contributed by atoms with Crippen LogP contribution in [0.25, 0.3) is 0 Å². The van der Waals surface area contributed by atoms with Crippen molar-refractivity contribution in [2.45, 2.75) is 38.2 Å². The summed E-state index contributed by atoms with van der Waals surface area (Å²) in [5, 5.41) is 9.52. The summed E-state index contributed by atoms with van der Waals surface area (Å²) in [5.74, 6) is 1.16. The third kappa shape index (κ3) is 2.81. The van der Waals surface area contributed by atoms with Crippen molar-refractivity contribution >= 4 is 0 Å². The minimum absolute atomic E-state index is 0.348. The van der Waals surface area contributed by atoms with Gasteiger partial charge in [-0.05, 0) is 18.3 Å². The van der Waals surface area contributed by atoms with Crippen LogP contribution >= 0.6 is 0 Å². The van der Waals surface area contributed by atoms with Crippen molar-refractivity contribution in [3.63, 3.8) is 0 Å². The smallest absolute Gasteiger partial charge is 0.294 e. The molecule has 15 heavy (non-hydrogen) atoms. The first kappa shape index (κ1) is 10.7. The van der Waals surface area contributed by atoms with Crippen LogP contribution in [0.1, 0.15) is 32.1 Å². The summed E-state index contributed by atoms with van der Waals surface area (Å²) in [6.07, 6.45) is 5.52. The van der Waals surface area contributed by atoms with Crippen molar-refractivity contribution in [2.24, 2.45) is 11.8 Å². The quantitative estimate of drug-likeness (QED) is 0.532. The first-order chi connectivity index (χ1) is 7.25. The SMILES string of the molecule is O=[N+]([O-])OC1COCC(C2CCCC2)C1. The van der Waals surface area contributed by atoms with Crippen LogP contribution in [0.15, 0.2) is 0 Å². The maximum absolute atomic E-state index is 10.2. The zero-order valence-corrected chi connectivity index (χ0v) is 8.76. The Morgan fingerprint density at radius 2 is 1.93 bits per heavy atom. The van der Waals surface area contributed by atoms with Gasteiger partial charge in [-0.1, -0.05) is 25.7 Å². The Morgan fingerprint density at radius 3 is 2.60 bits per heavy atom. The molecule has 0 aromatic rings. The van der Waals surface area contributed by atoms with Crippen molar-refractivity contribution in [1.29, 1.82) is 0 Å². The fraction of sp³-hybridized carbons (Fsp3) is 1.00. The lowest BCUT2D eigenvalue weighted by Crippen LogP contribution is -2.35. The van der Waals surface area contributed by atoms with E-state index in [0.29, 0.717) is 18.4 Å². The van der Waals surface area contributed by atoms with Crippen LogP contribution in [-0.2, 0) is 9.57 Å². The van der Waals surface area contributed by atoms with E-state index in [4.69, 9.17) is 4.74 Å². The average molecular weight is 215 g/mol. The number of nitrogens with zero attached hydrogens (tertiary/aromatic N) is 1. The van der Waals surface area contributed by atoms with E-state index >= 15 is 0 Å². The number of hydrogen-bond donors (Lipinski definition) is 0. The highest BCUT2D eigenvalue weighted by Crippen LogP contribution is 2.35. The van der Waals surface area contributed by atoms with Gasteiger partial charge in [-0.25, -0.2) is 0 Å². The highest BCUT2D eigenvalue weighted by atomic mass is 17.0. The summed E-state index contributed by atoms with van der Waals surface area (Å²) in [6.45, 7) is 1.12. The second-order valence-corrected chi connectivity index (χ2v) is 4.53. The highest BCUT2D eigenvalue weighted by molar-refractivity contribution is 4.80. The van der Waals surface area contributed by atoms with Crippen LogP contribution in [-0.4, -0.2) is 24.4 Å². The molecule has 0 spiro atoms. The normalized spacial score (nSPS) is 32.8. The predicted molar refractivity (Wildman–Crippen MR) is 52.8 cm³/mol. The van der Waals surface area contributed by atoms with Crippen LogP contribution in [0.3, 0.4) is 0 Å². The second-order valence-electron chi connectivity index (χ2n) is 4.53. The minimum Gasteiger partial charge on any atom is -0.379 e. The lowest BCUT2D eigenvalue weighted by atomic mass is 9.86. The monoisotopic (exact) mass is 215 g/mol. The average Bonchev–Trinajstić information content (AvgIpc) is 2.69. The lowest BCUT2D eigenvalue weighted by Gasteiger charge is -2.31. The van der Waals surface area contributed by atoms with E-state index in [9.17, 15) is 10.1 Å². The molecule has 2 rings (SSSR count). The Balaban J connectivity index is 1.83. The predicted octanol–water partition coefficient (Wildman–Crippen LogP) is 1.79. The first-order valence-corrected chi connectivity index (χ1v) is 5.64. The van der Waals surface area contributed by atoms with Gasteiger partial charge in [0.15, 0.2) is 0 Å². The molecule has 86 valence electrons. The molecule has 5 heteroatoms. The van der Waals surface area contributed by atoms with E-state index < -0.39 is 5.09 Å². The molecule has 1 saturated carbocycles. The molecule has 2 aliphatic rings. The summed E-state index contributed by atoms with van der Waals surface area (Å²) in [7, 11) is 0. The Labute approximate surface area is 88.8 Å². The Hall–Kier alpha value is -0.840. The van der Waals surface area contributed by atoms with Crippen LogP contribution in [0.2, 0.25) is 0 Å². The molecule has 5 nitrogen and oxygen atoms in total. The van der Waals surface area contributed by atoms with Crippen LogP contribution < -0.4 is 0 Å². The van der Waals surface area contributed by atoms with Gasteiger partial charge in [0.1, 0.15) is 6.10 Å². The minimum atomic E-state index is -0.703. The van der Waals surface area contributed by atoms with E-state index in [0.717, 1.165) is 13.0 Å². The summed E-state index contributed by atoms with van der Waals surface area (Å²) in [5.41, 5.74) is 0. The fourth-order valence-corrected chi connectivity index (χ4v) is 2.78. The molecule has 0 amide bonds. The molecule has 0 N–H and O–H groups in total. The van der Waals surface area contributed by atoms with Crippen molar-refractivity contribution in [2.75, 3.05) is 13.2 Å². The van der Waals surface area contributed by atoms with Gasteiger partial charge in [-0.3, -0.25) is 0 Å². The van der Waals surface area contributed by atoms with Crippen molar-refractivity contribution < 1.29 is 14.7 Å². The molecule has 0 radical (unpaired) electrons. The zero-order chi connectivity index (χ0) is 10.7. The molecule has 1 aliphatic heterocycles. The van der Waals surface area contributed by atoms with Gasteiger partial charge >= 0.3 is 0 Å². The highest BCUT2D eigenvalue weighted by Gasteiger charge is 2.32. The van der Waals surface area contributed by atoms with Gasteiger partial charge in [-0.2, -0.15) is 0 Å². The molecule has 0 aromatic carbocycles. The van der Waals surface area contributed by atoms with Crippen molar-refractivity contribution in [3.05, 3.63) is 10.1 Å². The number of ether oxygens (including phenoxy) is 1. The standard InChI is InChI=1S/C10H17NO4/c12-11(13)15-10-5-9(6-14-7-10)8-3-1-2-4-8/h8-10H,1-7H2. The van der Waals surface area contributed by atoms with E-state index in [1.54, 1.807) is 0 Å². The second kappa shape index (κ2) is 4.79. The molecule has 2 unspecified atom stereocenters. The zero-order valence-electron chi connectivity index (χ0n) is 8.76. The van der Waals surface area contributed by atoms with Crippen LogP contribution in [0, 0.1) is 22.0 Å². The molecule has 2 atom stereocenters. The van der Waals surface area contributed by atoms with E-state index in [2.05, 4.69) is 4.84 Å². The Bertz CT molecular complexity index is 227. The molecular formula is C10H17NO4. The number of hydrogen-bond acceptors (Lipinski definition) is 4. The lowest BCUT2D eigenvalue weighted by molar-refractivity contribution is -0.770. The van der Waals surface area contributed by atoms with Crippen LogP contribution in [0.4, 0.5) is 0 Å². The first-order valence-electron chi connectivity index (χ1n) is 5.64. The summed E-state index contributed by atoms with van der Waals surface area (Å²) in [6, 6.07) is 0. The number of rotatable bonds is 3. The fourth-order valence-electron chi connectivity index (χ4n) is 2.78. The van der Waals surface area contributed by atoms with Gasteiger partial charge in [0.2, 0.25) is 0 Å². The molecule has 2 fully saturated rings. The van der Waals surface area contributed by atoms with E-state index in [-0.39, 0.29) is 6.10 Å². The van der Waals surface area contributed by atoms with E-state index in [1.165, 1.54) is 25.7 Å². The van der Waals surface area contributed by atoms with Gasteiger partial charge in [0.25, 0.3) is 5.09 Å². The van der Waals surface area contributed by atoms with Gasteiger partial charge < -0.3 is 9.57 Å². The van der Waals surface area contributed by atoms with Crippen molar-refractivity contribution in [3.8, 4) is 0 Å². The summed E-state index contributed by atoms with van der Waals surface area (Å²) >= 11 is 0. The van der Waals surface area contributed by atoms with Gasteiger partial charge in [0, 0.05) is 6.61 Å². The maximum Gasteiger partial charge on any atom is 0.294 e. The summed E-state index contributed by atoms with van der Waals surface area (Å²) < 4.78 is 5.38. The largest absolute Gasteiger partial charge is 0.379 e.